The van der Waals surface area contributed by atoms with Gasteiger partial charge in [-0.1, -0.05) is 36.2 Å². The number of nitrogens with zero attached hydrogens (tertiary/aromatic N) is 1. The van der Waals surface area contributed by atoms with Gasteiger partial charge in [-0.25, -0.2) is 0 Å². The molecule has 0 aliphatic carbocycles. The second-order valence-corrected chi connectivity index (χ2v) is 6.75. The Hall–Kier alpha value is -0.540. The number of ether oxygens (including phenoxy) is 1. The van der Waals surface area contributed by atoms with Crippen molar-refractivity contribution in [3.63, 3.8) is 0 Å². The first-order chi connectivity index (χ1) is 9.06. The van der Waals surface area contributed by atoms with E-state index in [-0.39, 0.29) is 0 Å². The molecule has 0 amide bonds. The van der Waals surface area contributed by atoms with Crippen LogP contribution >= 0.6 is 15.9 Å². The summed E-state index contributed by atoms with van der Waals surface area (Å²) in [5.74, 6) is 0.939. The molecule has 1 fully saturated rings. The number of rotatable bonds is 4. The third kappa shape index (κ3) is 3.73. The van der Waals surface area contributed by atoms with E-state index in [9.17, 15) is 0 Å². The molecule has 1 aliphatic heterocycles. The fourth-order valence-electron chi connectivity index (χ4n) is 2.64. The van der Waals surface area contributed by atoms with Crippen LogP contribution < -0.4 is 4.74 Å². The summed E-state index contributed by atoms with van der Waals surface area (Å²) in [5, 5.41) is 0. The van der Waals surface area contributed by atoms with Crippen LogP contribution in [0.2, 0.25) is 0 Å². The van der Waals surface area contributed by atoms with Crippen LogP contribution in [-0.2, 0) is 6.54 Å². The molecule has 1 aliphatic rings. The van der Waals surface area contributed by atoms with E-state index in [1.54, 1.807) is 7.11 Å². The zero-order valence-electron chi connectivity index (χ0n) is 12.2. The van der Waals surface area contributed by atoms with Crippen molar-refractivity contribution < 1.29 is 4.74 Å². The van der Waals surface area contributed by atoms with E-state index in [1.165, 1.54) is 42.4 Å². The lowest BCUT2D eigenvalue weighted by molar-refractivity contribution is 0.109. The first kappa shape index (κ1) is 14.9. The highest BCUT2D eigenvalue weighted by Gasteiger charge is 2.28. The van der Waals surface area contributed by atoms with Crippen LogP contribution in [0.3, 0.4) is 0 Å². The van der Waals surface area contributed by atoms with Gasteiger partial charge in [0.2, 0.25) is 0 Å². The maximum absolute atomic E-state index is 5.31. The summed E-state index contributed by atoms with van der Waals surface area (Å²) in [6.07, 6.45) is 3.92. The van der Waals surface area contributed by atoms with E-state index in [0.29, 0.717) is 5.41 Å². The van der Waals surface area contributed by atoms with E-state index >= 15 is 0 Å². The average molecular weight is 326 g/mol. The number of methoxy groups -OCH3 is 1. The normalized spacial score (nSPS) is 19.4. The van der Waals surface area contributed by atoms with E-state index in [0.717, 1.165) is 12.3 Å². The molecular formula is C16H24BrNO. The van der Waals surface area contributed by atoms with Gasteiger partial charge in [0.05, 0.1) is 7.11 Å². The Morgan fingerprint density at radius 1 is 1.32 bits per heavy atom. The Kier molecular flexibility index (Phi) is 4.91. The average Bonchev–Trinajstić information content (AvgIpc) is 2.44. The topological polar surface area (TPSA) is 12.5 Å². The minimum atomic E-state index is 0.558. The molecule has 0 aromatic heterocycles. The number of halogens is 1. The van der Waals surface area contributed by atoms with Crippen LogP contribution in [0.4, 0.5) is 0 Å². The SMILES string of the molecule is CCC1(C)CCN(Cc2cc(OC)ccc2Br)CC1. The molecule has 1 aromatic carbocycles. The van der Waals surface area contributed by atoms with Crippen molar-refractivity contribution in [3.05, 3.63) is 28.2 Å². The minimum Gasteiger partial charge on any atom is -0.497 e. The van der Waals surface area contributed by atoms with Crippen molar-refractivity contribution in [2.75, 3.05) is 20.2 Å². The summed E-state index contributed by atoms with van der Waals surface area (Å²) in [7, 11) is 1.72. The van der Waals surface area contributed by atoms with Crippen molar-refractivity contribution in [1.29, 1.82) is 0 Å². The predicted octanol–water partition coefficient (Wildman–Crippen LogP) is 4.47. The maximum atomic E-state index is 5.31. The number of benzene rings is 1. The molecule has 106 valence electrons. The lowest BCUT2D eigenvalue weighted by Gasteiger charge is -2.39. The summed E-state index contributed by atoms with van der Waals surface area (Å²) in [5.41, 5.74) is 1.88. The molecule has 0 spiro atoms. The zero-order valence-corrected chi connectivity index (χ0v) is 13.8. The van der Waals surface area contributed by atoms with E-state index < -0.39 is 0 Å². The standard InChI is InChI=1S/C16H24BrNO/c1-4-16(2)7-9-18(10-8-16)12-13-11-14(19-3)5-6-15(13)17/h5-6,11H,4,7-10,12H2,1-3H3. The number of hydrogen-bond donors (Lipinski definition) is 0. The van der Waals surface area contributed by atoms with Gasteiger partial charge in [0, 0.05) is 11.0 Å². The van der Waals surface area contributed by atoms with Crippen molar-refractivity contribution in [2.24, 2.45) is 5.41 Å². The highest BCUT2D eigenvalue weighted by atomic mass is 79.9. The third-order valence-corrected chi connectivity index (χ3v) is 5.34. The van der Waals surface area contributed by atoms with Crippen molar-refractivity contribution in [3.8, 4) is 5.75 Å². The highest BCUT2D eigenvalue weighted by Crippen LogP contribution is 2.35. The molecule has 1 saturated heterocycles. The lowest BCUT2D eigenvalue weighted by Crippen LogP contribution is -2.37. The van der Waals surface area contributed by atoms with Gasteiger partial charge < -0.3 is 4.74 Å². The molecule has 2 nitrogen and oxygen atoms in total. The molecule has 3 heteroatoms. The van der Waals surface area contributed by atoms with Gasteiger partial charge >= 0.3 is 0 Å². The first-order valence-electron chi connectivity index (χ1n) is 7.11. The Bertz CT molecular complexity index is 425. The number of likely N-dealkylation sites (tertiary alicyclic amines) is 1. The molecule has 0 radical (unpaired) electrons. The predicted molar refractivity (Wildman–Crippen MR) is 83.6 cm³/mol. The third-order valence-electron chi connectivity index (χ3n) is 4.56. The van der Waals surface area contributed by atoms with Crippen molar-refractivity contribution in [2.45, 2.75) is 39.7 Å². The molecular weight excluding hydrogens is 302 g/mol. The van der Waals surface area contributed by atoms with Crippen LogP contribution in [0.25, 0.3) is 0 Å². The fraction of sp³-hybridized carbons (Fsp3) is 0.625. The van der Waals surface area contributed by atoms with Crippen LogP contribution in [-0.4, -0.2) is 25.1 Å². The number of piperidine rings is 1. The molecule has 0 atom stereocenters. The maximum Gasteiger partial charge on any atom is 0.119 e. The van der Waals surface area contributed by atoms with Gasteiger partial charge in [0.15, 0.2) is 0 Å². The molecule has 1 heterocycles. The molecule has 0 unspecified atom stereocenters. The van der Waals surface area contributed by atoms with Crippen LogP contribution in [0.1, 0.15) is 38.7 Å². The summed E-state index contributed by atoms with van der Waals surface area (Å²) in [6.45, 7) is 8.15. The van der Waals surface area contributed by atoms with Crippen LogP contribution in [0.15, 0.2) is 22.7 Å². The quantitative estimate of drug-likeness (QED) is 0.809. The lowest BCUT2D eigenvalue weighted by atomic mass is 9.78. The monoisotopic (exact) mass is 325 g/mol. The Morgan fingerprint density at radius 3 is 2.58 bits per heavy atom. The van der Waals surface area contributed by atoms with Crippen LogP contribution in [0.5, 0.6) is 5.75 Å². The zero-order chi connectivity index (χ0) is 13.9. The van der Waals surface area contributed by atoms with Crippen LogP contribution in [0, 0.1) is 5.41 Å². The van der Waals surface area contributed by atoms with Gasteiger partial charge in [0.25, 0.3) is 0 Å². The molecule has 0 bridgehead atoms. The van der Waals surface area contributed by atoms with Gasteiger partial charge in [0.1, 0.15) is 5.75 Å². The summed E-state index contributed by atoms with van der Waals surface area (Å²) in [4.78, 5) is 2.55. The first-order valence-corrected chi connectivity index (χ1v) is 7.90. The molecule has 0 saturated carbocycles. The summed E-state index contributed by atoms with van der Waals surface area (Å²) in [6, 6.07) is 6.21. The summed E-state index contributed by atoms with van der Waals surface area (Å²) >= 11 is 3.64. The fourth-order valence-corrected chi connectivity index (χ4v) is 3.02. The molecule has 1 aromatic rings. The Balaban J connectivity index is 1.99. The van der Waals surface area contributed by atoms with Gasteiger partial charge in [-0.15, -0.1) is 0 Å². The molecule has 19 heavy (non-hydrogen) atoms. The largest absolute Gasteiger partial charge is 0.497 e. The Morgan fingerprint density at radius 2 is 2.00 bits per heavy atom. The van der Waals surface area contributed by atoms with E-state index in [2.05, 4.69) is 46.8 Å². The second-order valence-electron chi connectivity index (χ2n) is 5.90. The molecule has 0 N–H and O–H groups in total. The van der Waals surface area contributed by atoms with Gasteiger partial charge in [-0.05, 0) is 55.1 Å². The minimum absolute atomic E-state index is 0.558. The van der Waals surface area contributed by atoms with Crippen molar-refractivity contribution >= 4 is 15.9 Å². The van der Waals surface area contributed by atoms with Gasteiger partial charge in [-0.3, -0.25) is 4.90 Å². The van der Waals surface area contributed by atoms with E-state index in [1.807, 2.05) is 6.07 Å². The Labute approximate surface area is 125 Å². The smallest absolute Gasteiger partial charge is 0.119 e. The second kappa shape index (κ2) is 6.27. The van der Waals surface area contributed by atoms with Crippen molar-refractivity contribution in [1.82, 2.24) is 4.90 Å². The number of hydrogen-bond acceptors (Lipinski definition) is 2. The highest BCUT2D eigenvalue weighted by molar-refractivity contribution is 9.10. The van der Waals surface area contributed by atoms with Gasteiger partial charge in [-0.2, -0.15) is 0 Å². The molecule has 2 rings (SSSR count). The van der Waals surface area contributed by atoms with E-state index in [4.69, 9.17) is 4.74 Å². The summed E-state index contributed by atoms with van der Waals surface area (Å²) < 4.78 is 6.49.